The second-order valence-electron chi connectivity index (χ2n) is 3.43. The van der Waals surface area contributed by atoms with Crippen molar-refractivity contribution in [2.75, 3.05) is 0 Å². The van der Waals surface area contributed by atoms with Gasteiger partial charge in [-0.3, -0.25) is 0 Å². The molecule has 2 aromatic rings. The van der Waals surface area contributed by atoms with Crippen LogP contribution in [0.5, 0.6) is 0 Å². The number of fused-ring (bicyclic) bond motifs is 1. The average molecular weight is 271 g/mol. The van der Waals surface area contributed by atoms with Crippen molar-refractivity contribution in [1.29, 1.82) is 0 Å². The van der Waals surface area contributed by atoms with Crippen LogP contribution in [0.15, 0.2) is 41.3 Å². The van der Waals surface area contributed by atoms with Gasteiger partial charge in [0.25, 0.3) is 0 Å². The first-order chi connectivity index (χ1) is 8.05. The van der Waals surface area contributed by atoms with Crippen molar-refractivity contribution in [3.63, 3.8) is 0 Å². The highest BCUT2D eigenvalue weighted by Gasteiger charge is 2.29. The van der Waals surface area contributed by atoms with Crippen molar-refractivity contribution in [3.05, 3.63) is 36.9 Å². The lowest BCUT2D eigenvalue weighted by Gasteiger charge is -2.03. The van der Waals surface area contributed by atoms with Crippen LogP contribution in [0, 0.1) is 0 Å². The van der Waals surface area contributed by atoms with Gasteiger partial charge in [0.05, 0.1) is 10.2 Å². The number of nitrogens with zero attached hydrogens (tertiary/aromatic N) is 1. The molecule has 1 unspecified atom stereocenters. The van der Waals surface area contributed by atoms with Crippen LogP contribution in [0.1, 0.15) is 6.42 Å². The van der Waals surface area contributed by atoms with Gasteiger partial charge in [0.1, 0.15) is 0 Å². The summed E-state index contributed by atoms with van der Waals surface area (Å²) in [5, 5.41) is 0. The molecular formula is C11H10FNO2S2. The number of aromatic nitrogens is 1. The summed E-state index contributed by atoms with van der Waals surface area (Å²) < 4.78 is 37.7. The predicted octanol–water partition coefficient (Wildman–Crippen LogP) is 2.94. The van der Waals surface area contributed by atoms with Crippen LogP contribution in [-0.2, 0) is 9.84 Å². The number of benzene rings is 1. The maximum Gasteiger partial charge on any atom is 0.237 e. The standard InChI is InChI=1S/C11H10FNO2S2/c1-2-5-10(12)17(14,15)11-13-8-6-3-4-7-9(8)16-11/h2-4,6-7,10H,1,5H2. The van der Waals surface area contributed by atoms with Gasteiger partial charge in [-0.05, 0) is 12.1 Å². The molecule has 0 aliphatic rings. The smallest absolute Gasteiger partial charge is 0.229 e. The largest absolute Gasteiger partial charge is 0.237 e. The topological polar surface area (TPSA) is 47.0 Å². The zero-order valence-electron chi connectivity index (χ0n) is 8.84. The molecule has 0 saturated heterocycles. The lowest BCUT2D eigenvalue weighted by atomic mass is 10.3. The van der Waals surface area contributed by atoms with E-state index in [1.807, 2.05) is 0 Å². The molecule has 6 heteroatoms. The van der Waals surface area contributed by atoms with E-state index in [1.54, 1.807) is 24.3 Å². The van der Waals surface area contributed by atoms with E-state index in [1.165, 1.54) is 6.08 Å². The van der Waals surface area contributed by atoms with Crippen LogP contribution in [-0.4, -0.2) is 18.9 Å². The number of thiazole rings is 1. The van der Waals surface area contributed by atoms with E-state index >= 15 is 0 Å². The minimum atomic E-state index is -3.99. The number of para-hydroxylation sites is 1. The van der Waals surface area contributed by atoms with E-state index in [2.05, 4.69) is 11.6 Å². The summed E-state index contributed by atoms with van der Waals surface area (Å²) >= 11 is 0.985. The van der Waals surface area contributed by atoms with Gasteiger partial charge in [0, 0.05) is 6.42 Å². The predicted molar refractivity (Wildman–Crippen MR) is 66.5 cm³/mol. The minimum absolute atomic E-state index is 0.173. The number of hydrogen-bond acceptors (Lipinski definition) is 4. The van der Waals surface area contributed by atoms with E-state index in [9.17, 15) is 12.8 Å². The van der Waals surface area contributed by atoms with Gasteiger partial charge in [-0.2, -0.15) is 0 Å². The van der Waals surface area contributed by atoms with Crippen LogP contribution < -0.4 is 0 Å². The molecule has 0 N–H and O–H groups in total. The van der Waals surface area contributed by atoms with Gasteiger partial charge in [-0.15, -0.1) is 17.9 Å². The van der Waals surface area contributed by atoms with E-state index in [-0.39, 0.29) is 10.8 Å². The van der Waals surface area contributed by atoms with Gasteiger partial charge in [0.2, 0.25) is 19.7 Å². The zero-order valence-corrected chi connectivity index (χ0v) is 10.5. The second-order valence-corrected chi connectivity index (χ2v) is 6.70. The van der Waals surface area contributed by atoms with Crippen LogP contribution in [0.3, 0.4) is 0 Å². The summed E-state index contributed by atoms with van der Waals surface area (Å²) in [6, 6.07) is 7.00. The molecule has 1 heterocycles. The third kappa shape index (κ3) is 2.23. The summed E-state index contributed by atoms with van der Waals surface area (Å²) in [6.07, 6.45) is 1.02. The Kier molecular flexibility index (Phi) is 3.26. The highest BCUT2D eigenvalue weighted by molar-refractivity contribution is 7.93. The maximum atomic E-state index is 13.5. The van der Waals surface area contributed by atoms with Crippen LogP contribution >= 0.6 is 11.3 Å². The molecule has 0 aliphatic carbocycles. The third-order valence-electron chi connectivity index (χ3n) is 2.21. The van der Waals surface area contributed by atoms with Crippen LogP contribution in [0.25, 0.3) is 10.2 Å². The molecular weight excluding hydrogens is 261 g/mol. The Labute approximate surface area is 103 Å². The molecule has 0 spiro atoms. The van der Waals surface area contributed by atoms with Crippen molar-refractivity contribution in [3.8, 4) is 0 Å². The number of sulfone groups is 1. The fraction of sp³-hybridized carbons (Fsp3) is 0.182. The van der Waals surface area contributed by atoms with Crippen molar-refractivity contribution in [2.45, 2.75) is 16.3 Å². The SMILES string of the molecule is C=CCC(F)S(=O)(=O)c1nc2ccccc2s1. The third-order valence-corrected chi connectivity index (χ3v) is 5.43. The summed E-state index contributed by atoms with van der Waals surface area (Å²) in [4.78, 5) is 3.94. The Bertz CT molecular complexity index is 615. The Balaban J connectivity index is 2.49. The fourth-order valence-electron chi connectivity index (χ4n) is 1.34. The monoisotopic (exact) mass is 271 g/mol. The first kappa shape index (κ1) is 12.2. The Hall–Kier alpha value is -1.27. The maximum absolute atomic E-state index is 13.5. The molecule has 0 bridgehead atoms. The fourth-order valence-corrected chi connectivity index (χ4v) is 3.92. The zero-order chi connectivity index (χ0) is 12.5. The summed E-state index contributed by atoms with van der Waals surface area (Å²) in [6.45, 7) is 3.33. The highest BCUT2D eigenvalue weighted by Crippen LogP contribution is 2.28. The Morgan fingerprint density at radius 1 is 1.47 bits per heavy atom. The summed E-state index contributed by atoms with van der Waals surface area (Å²) in [5.74, 6) is 0. The number of rotatable bonds is 4. The number of hydrogen-bond donors (Lipinski definition) is 0. The summed E-state index contributed by atoms with van der Waals surface area (Å²) in [5.41, 5.74) is -1.40. The number of allylic oxidation sites excluding steroid dienone is 1. The van der Waals surface area contributed by atoms with Crippen molar-refractivity contribution < 1.29 is 12.8 Å². The quantitative estimate of drug-likeness (QED) is 0.803. The number of alkyl halides is 1. The van der Waals surface area contributed by atoms with Gasteiger partial charge in [-0.1, -0.05) is 18.2 Å². The lowest BCUT2D eigenvalue weighted by molar-refractivity contribution is 0.421. The minimum Gasteiger partial charge on any atom is -0.229 e. The van der Waals surface area contributed by atoms with Gasteiger partial charge in [0.15, 0.2) is 0 Å². The van der Waals surface area contributed by atoms with Gasteiger partial charge in [-0.25, -0.2) is 17.8 Å². The molecule has 0 amide bonds. The number of halogens is 1. The molecule has 17 heavy (non-hydrogen) atoms. The summed E-state index contributed by atoms with van der Waals surface area (Å²) in [7, 11) is -3.99. The van der Waals surface area contributed by atoms with Crippen LogP contribution in [0.4, 0.5) is 4.39 Å². The van der Waals surface area contributed by atoms with E-state index in [0.29, 0.717) is 5.52 Å². The van der Waals surface area contributed by atoms with E-state index < -0.39 is 15.3 Å². The molecule has 3 nitrogen and oxygen atoms in total. The van der Waals surface area contributed by atoms with Gasteiger partial charge < -0.3 is 0 Å². The van der Waals surface area contributed by atoms with Crippen molar-refractivity contribution in [1.82, 2.24) is 4.98 Å². The first-order valence-corrected chi connectivity index (χ1v) is 7.26. The molecule has 0 fully saturated rings. The molecule has 1 aromatic heterocycles. The Morgan fingerprint density at radius 2 is 2.18 bits per heavy atom. The molecule has 0 aliphatic heterocycles. The second kappa shape index (κ2) is 4.54. The Morgan fingerprint density at radius 3 is 2.82 bits per heavy atom. The van der Waals surface area contributed by atoms with Crippen LogP contribution in [0.2, 0.25) is 0 Å². The first-order valence-electron chi connectivity index (χ1n) is 4.90. The molecule has 1 atom stereocenters. The van der Waals surface area contributed by atoms with Gasteiger partial charge >= 0.3 is 0 Å². The lowest BCUT2D eigenvalue weighted by Crippen LogP contribution is -2.15. The normalized spacial score (nSPS) is 13.7. The molecule has 90 valence electrons. The molecule has 1 aromatic carbocycles. The van der Waals surface area contributed by atoms with Crippen molar-refractivity contribution >= 4 is 31.4 Å². The molecule has 0 saturated carbocycles. The van der Waals surface area contributed by atoms with E-state index in [4.69, 9.17) is 0 Å². The highest BCUT2D eigenvalue weighted by atomic mass is 32.2. The van der Waals surface area contributed by atoms with Crippen molar-refractivity contribution in [2.24, 2.45) is 0 Å². The molecule has 0 radical (unpaired) electrons. The van der Waals surface area contributed by atoms with E-state index in [0.717, 1.165) is 16.0 Å². The molecule has 2 rings (SSSR count). The average Bonchev–Trinajstić information content (AvgIpc) is 2.73.